The molecule has 388 valence electrons. The van der Waals surface area contributed by atoms with Crippen LogP contribution in [0.4, 0.5) is 0 Å². The number of nitrogens with one attached hydrogen (secondary N) is 3. The predicted molar refractivity (Wildman–Crippen MR) is 297 cm³/mol. The van der Waals surface area contributed by atoms with E-state index in [2.05, 4.69) is 84.2 Å². The lowest BCUT2D eigenvalue weighted by molar-refractivity contribution is -0.143. The molecule has 4 atom stereocenters. The van der Waals surface area contributed by atoms with Crippen LogP contribution in [0.3, 0.4) is 0 Å². The molecule has 72 heavy (non-hydrogen) atoms. The highest BCUT2D eigenvalue weighted by Crippen LogP contribution is 2.43. The molecule has 5 aliphatic heterocycles. The van der Waals surface area contributed by atoms with Crippen LogP contribution in [0.2, 0.25) is 0 Å². The average molecular weight is 981 g/mol. The highest BCUT2D eigenvalue weighted by Gasteiger charge is 2.40. The maximum absolute atomic E-state index is 14.3. The van der Waals surface area contributed by atoms with Crippen molar-refractivity contribution < 1.29 is 23.9 Å². The third kappa shape index (κ3) is 15.0. The average Bonchev–Trinajstić information content (AvgIpc) is 4.04. The molecule has 5 rings (SSSR count). The fraction of sp³-hybridized carbons (Fsp3) is 0.508. The fourth-order valence-electron chi connectivity index (χ4n) is 10.2. The molecule has 0 saturated carbocycles. The van der Waals surface area contributed by atoms with E-state index in [1.165, 1.54) is 57.6 Å². The number of ether oxygens (including phenoxy) is 2. The number of hydrogen-bond donors (Lipinski definition) is 3. The minimum atomic E-state index is -0.498. The van der Waals surface area contributed by atoms with Gasteiger partial charge in [0.15, 0.2) is 0 Å². The van der Waals surface area contributed by atoms with E-state index < -0.39 is 5.97 Å². The Kier molecular flexibility index (Phi) is 21.8. The van der Waals surface area contributed by atoms with Gasteiger partial charge in [-0.05, 0) is 105 Å². The molecule has 5 heterocycles. The van der Waals surface area contributed by atoms with Gasteiger partial charge >= 0.3 is 11.9 Å². The summed E-state index contributed by atoms with van der Waals surface area (Å²) < 4.78 is 11.2. The zero-order chi connectivity index (χ0) is 52.5. The molecule has 3 N–H and O–H groups in total. The van der Waals surface area contributed by atoms with Crippen molar-refractivity contribution in [3.63, 3.8) is 0 Å². The predicted octanol–water partition coefficient (Wildman–Crippen LogP) is 12.8. The maximum atomic E-state index is 14.3. The minimum absolute atomic E-state index is 0.137. The lowest BCUT2D eigenvalue weighted by Crippen LogP contribution is -2.30. The first-order valence-corrected chi connectivity index (χ1v) is 26.6. The Labute approximate surface area is 431 Å². The number of amides is 1. The molecular weight excluding hydrogens is 897 g/mol. The Bertz CT molecular complexity index is 2490. The van der Waals surface area contributed by atoms with Crippen LogP contribution in [-0.2, 0) is 23.9 Å². The first-order valence-electron chi connectivity index (χ1n) is 26.6. The van der Waals surface area contributed by atoms with Crippen molar-refractivity contribution in [2.24, 2.45) is 44.6 Å². The van der Waals surface area contributed by atoms with Gasteiger partial charge in [-0.2, -0.15) is 0 Å². The van der Waals surface area contributed by atoms with E-state index in [9.17, 15) is 14.4 Å². The molecule has 0 aromatic rings. The molecule has 0 aromatic carbocycles. The number of esters is 2. The number of allylic oxidation sites excluding steroid dienone is 11. The molecule has 0 spiro atoms. The number of nitrogens with zero attached hydrogens (tertiary/aromatic N) is 3. The van der Waals surface area contributed by atoms with Gasteiger partial charge in [0.05, 0.1) is 53.3 Å². The monoisotopic (exact) mass is 981 g/mol. The van der Waals surface area contributed by atoms with Gasteiger partial charge in [0, 0.05) is 65.7 Å². The standard InChI is InChI=1S/C61H84N6O5/c1-14-30-62-37-49-46(17-4)54-35-52-44(12)58(61(70)63-31-15-2)60(67-52)48(33-57(69)71-13)59-47(43(11)51(66-59)34-50-42(10)45(16-3)53(64-50)36-55(49)65-54)27-28-56(68)72-32-29-41(9)26-20-25-40(8)24-19-23-39(7)22-18-21-38(5)6/h14-16,29,34-40,43,47,62,66H,1-3,17-28,30-33H2,4-13H3,(H,63,70). The summed E-state index contributed by atoms with van der Waals surface area (Å²) in [7, 11) is 1.35. The van der Waals surface area contributed by atoms with Crippen LogP contribution in [0.15, 0.2) is 157 Å². The van der Waals surface area contributed by atoms with Gasteiger partial charge in [0.25, 0.3) is 5.91 Å². The Hall–Kier alpha value is -6.10. The normalized spacial score (nSPS) is 20.2. The minimum Gasteiger partial charge on any atom is -0.469 e. The van der Waals surface area contributed by atoms with Crippen LogP contribution < -0.4 is 16.0 Å². The van der Waals surface area contributed by atoms with Crippen LogP contribution in [0.25, 0.3) is 0 Å². The van der Waals surface area contributed by atoms with E-state index in [1.54, 1.807) is 12.2 Å². The molecule has 0 aliphatic carbocycles. The summed E-state index contributed by atoms with van der Waals surface area (Å²) in [5.41, 5.74) is 11.8. The largest absolute Gasteiger partial charge is 0.469 e. The number of methoxy groups -OCH3 is 1. The summed E-state index contributed by atoms with van der Waals surface area (Å²) in [5, 5.41) is 10.0. The van der Waals surface area contributed by atoms with Gasteiger partial charge in [-0.15, -0.1) is 13.2 Å². The summed E-state index contributed by atoms with van der Waals surface area (Å²) in [6, 6.07) is 0. The van der Waals surface area contributed by atoms with Crippen molar-refractivity contribution in [2.75, 3.05) is 26.8 Å². The number of carbonyl (C=O) groups excluding carboxylic acids is 3. The zero-order valence-corrected chi connectivity index (χ0v) is 45.3. The third-order valence-corrected chi connectivity index (χ3v) is 14.6. The van der Waals surface area contributed by atoms with Gasteiger partial charge in [-0.3, -0.25) is 14.4 Å². The van der Waals surface area contributed by atoms with Gasteiger partial charge < -0.3 is 25.4 Å². The van der Waals surface area contributed by atoms with E-state index >= 15 is 0 Å². The summed E-state index contributed by atoms with van der Waals surface area (Å²) in [6.45, 7) is 32.5. The lowest BCUT2D eigenvalue weighted by Gasteiger charge is -2.20. The third-order valence-electron chi connectivity index (χ3n) is 14.6. The number of aliphatic imine (C=N–C) groups is 3. The quantitative estimate of drug-likeness (QED) is 0.0422. The molecule has 1 saturated heterocycles. The van der Waals surface area contributed by atoms with Crippen LogP contribution in [0.5, 0.6) is 0 Å². The topological polar surface area (TPSA) is 143 Å². The second kappa shape index (κ2) is 27.6. The first-order chi connectivity index (χ1) is 34.5. The van der Waals surface area contributed by atoms with Gasteiger partial charge in [-0.25, -0.2) is 15.0 Å². The number of carbonyl (C=O) groups is 3. The lowest BCUT2D eigenvalue weighted by atomic mass is 9.84. The van der Waals surface area contributed by atoms with Gasteiger partial charge in [0.2, 0.25) is 0 Å². The highest BCUT2D eigenvalue weighted by atomic mass is 16.5. The Morgan fingerprint density at radius 3 is 2.17 bits per heavy atom. The van der Waals surface area contributed by atoms with E-state index in [-0.39, 0.29) is 49.7 Å². The van der Waals surface area contributed by atoms with Crippen molar-refractivity contribution in [1.29, 1.82) is 0 Å². The molecule has 1 fully saturated rings. The van der Waals surface area contributed by atoms with Crippen molar-refractivity contribution in [3.8, 4) is 0 Å². The Morgan fingerprint density at radius 1 is 0.819 bits per heavy atom. The van der Waals surface area contributed by atoms with Crippen molar-refractivity contribution in [1.82, 2.24) is 16.0 Å². The molecule has 0 aromatic heterocycles. The van der Waals surface area contributed by atoms with E-state index in [1.807, 2.05) is 50.4 Å². The van der Waals surface area contributed by atoms with Crippen LogP contribution in [0, 0.1) is 29.6 Å². The summed E-state index contributed by atoms with van der Waals surface area (Å²) in [4.78, 5) is 57.0. The van der Waals surface area contributed by atoms with Crippen molar-refractivity contribution in [2.45, 2.75) is 146 Å². The molecule has 0 radical (unpaired) electrons. The molecule has 8 bridgehead atoms. The Balaban J connectivity index is 1.46. The van der Waals surface area contributed by atoms with Gasteiger partial charge in [0.1, 0.15) is 6.61 Å². The number of hydrogen-bond acceptors (Lipinski definition) is 10. The van der Waals surface area contributed by atoms with E-state index in [0.29, 0.717) is 64.8 Å². The van der Waals surface area contributed by atoms with E-state index in [0.717, 1.165) is 69.8 Å². The fourth-order valence-corrected chi connectivity index (χ4v) is 10.2. The maximum Gasteiger partial charge on any atom is 0.310 e. The van der Waals surface area contributed by atoms with Gasteiger partial charge in [-0.1, -0.05) is 117 Å². The Morgan fingerprint density at radius 2 is 1.51 bits per heavy atom. The molecule has 11 heteroatoms. The summed E-state index contributed by atoms with van der Waals surface area (Å²) in [5.74, 6) is 0.674. The van der Waals surface area contributed by atoms with Crippen LogP contribution in [-0.4, -0.2) is 61.8 Å². The molecule has 1 amide bonds. The molecule has 5 aliphatic rings. The summed E-state index contributed by atoms with van der Waals surface area (Å²) >= 11 is 0. The van der Waals surface area contributed by atoms with Crippen LogP contribution in [0.1, 0.15) is 146 Å². The highest BCUT2D eigenvalue weighted by molar-refractivity contribution is 6.31. The molecule has 11 nitrogen and oxygen atoms in total. The summed E-state index contributed by atoms with van der Waals surface area (Å²) in [6.07, 6.45) is 27.4. The molecular formula is C61H84N6O5. The second-order valence-electron chi connectivity index (χ2n) is 20.6. The zero-order valence-electron chi connectivity index (χ0n) is 45.3. The van der Waals surface area contributed by atoms with E-state index in [4.69, 9.17) is 24.5 Å². The molecule has 4 unspecified atom stereocenters. The SMILES string of the molecule is C=CCNC=C1C2=NC(=C1CC)C=C1N=C(C(CC(=O)OC)=C3NC(=CC4=NC(=C2)C(C=C)=C4C)C(C)C3CCC(=O)OCC=C(C)CCCC(C)CCCC(C)CCCC(C)C)C(C(=O)NCC=C)=C1C. The number of fused-ring (bicyclic) bond motifs is 5. The number of rotatable bonds is 27. The second-order valence-corrected chi connectivity index (χ2v) is 20.6. The van der Waals surface area contributed by atoms with Crippen molar-refractivity contribution in [3.05, 3.63) is 142 Å². The van der Waals surface area contributed by atoms with Crippen molar-refractivity contribution >= 4 is 35.0 Å². The first kappa shape index (κ1) is 56.8. The smallest absolute Gasteiger partial charge is 0.310 e. The van der Waals surface area contributed by atoms with Crippen LogP contribution >= 0.6 is 0 Å².